The summed E-state index contributed by atoms with van der Waals surface area (Å²) in [5.41, 5.74) is 1.14. The second kappa shape index (κ2) is 9.52. The summed E-state index contributed by atoms with van der Waals surface area (Å²) < 4.78 is 0. The summed E-state index contributed by atoms with van der Waals surface area (Å²) in [5.74, 6) is 0.186. The molecule has 0 radical (unpaired) electrons. The molecule has 0 aromatic heterocycles. The first-order valence-corrected chi connectivity index (χ1v) is 9.03. The van der Waals surface area contributed by atoms with Gasteiger partial charge in [-0.1, -0.05) is 18.5 Å². The van der Waals surface area contributed by atoms with Crippen LogP contribution in [0.2, 0.25) is 5.02 Å². The maximum Gasteiger partial charge on any atom is 0.222 e. The van der Waals surface area contributed by atoms with Gasteiger partial charge in [-0.05, 0) is 37.1 Å². The van der Waals surface area contributed by atoms with Gasteiger partial charge in [-0.2, -0.15) is 0 Å². The van der Waals surface area contributed by atoms with E-state index in [9.17, 15) is 9.59 Å². The first-order valence-electron chi connectivity index (χ1n) is 8.65. The lowest BCUT2D eigenvalue weighted by Gasteiger charge is -2.36. The molecule has 1 aromatic rings. The lowest BCUT2D eigenvalue weighted by atomic mass is 10.2. The van der Waals surface area contributed by atoms with Gasteiger partial charge in [-0.25, -0.2) is 0 Å². The molecule has 0 aliphatic carbocycles. The van der Waals surface area contributed by atoms with Crippen molar-refractivity contribution in [1.82, 2.24) is 10.2 Å². The third-order valence-electron chi connectivity index (χ3n) is 4.19. The van der Waals surface area contributed by atoms with Crippen molar-refractivity contribution in [3.8, 4) is 0 Å². The van der Waals surface area contributed by atoms with Gasteiger partial charge in [-0.15, -0.1) is 0 Å². The zero-order chi connectivity index (χ0) is 17.4. The first kappa shape index (κ1) is 18.6. The quantitative estimate of drug-likeness (QED) is 0.821. The van der Waals surface area contributed by atoms with E-state index < -0.39 is 0 Å². The Labute approximate surface area is 149 Å². The van der Waals surface area contributed by atoms with Gasteiger partial charge in [0.2, 0.25) is 11.8 Å². The fourth-order valence-corrected chi connectivity index (χ4v) is 2.90. The number of amides is 2. The molecule has 1 aliphatic rings. The Bertz CT molecular complexity index is 540. The Morgan fingerprint density at radius 3 is 2.38 bits per heavy atom. The van der Waals surface area contributed by atoms with Gasteiger partial charge in [0.25, 0.3) is 0 Å². The Morgan fingerprint density at radius 2 is 1.75 bits per heavy atom. The van der Waals surface area contributed by atoms with Gasteiger partial charge in [-0.3, -0.25) is 9.59 Å². The van der Waals surface area contributed by atoms with Crippen LogP contribution in [-0.4, -0.2) is 49.4 Å². The van der Waals surface area contributed by atoms with Crippen molar-refractivity contribution < 1.29 is 9.59 Å². The van der Waals surface area contributed by atoms with Crippen molar-refractivity contribution in [3.63, 3.8) is 0 Å². The average Bonchev–Trinajstić information content (AvgIpc) is 2.60. The van der Waals surface area contributed by atoms with E-state index >= 15 is 0 Å². The maximum atomic E-state index is 12.2. The normalized spacial score (nSPS) is 14.6. The predicted octanol–water partition coefficient (Wildman–Crippen LogP) is 2.69. The Morgan fingerprint density at radius 1 is 1.08 bits per heavy atom. The van der Waals surface area contributed by atoms with Gasteiger partial charge in [0.05, 0.1) is 0 Å². The minimum atomic E-state index is 0.0391. The third kappa shape index (κ3) is 5.71. The zero-order valence-electron chi connectivity index (χ0n) is 14.3. The summed E-state index contributed by atoms with van der Waals surface area (Å²) in [6.07, 6.45) is 2.42. The first-order chi connectivity index (χ1) is 11.6. The van der Waals surface area contributed by atoms with Gasteiger partial charge < -0.3 is 15.1 Å². The molecule has 24 heavy (non-hydrogen) atoms. The van der Waals surface area contributed by atoms with Crippen molar-refractivity contribution >= 4 is 29.1 Å². The Hall–Kier alpha value is -1.75. The van der Waals surface area contributed by atoms with Crippen molar-refractivity contribution in [2.24, 2.45) is 0 Å². The second-order valence-corrected chi connectivity index (χ2v) is 6.48. The van der Waals surface area contributed by atoms with Crippen LogP contribution < -0.4 is 10.2 Å². The van der Waals surface area contributed by atoms with Gasteiger partial charge in [0, 0.05) is 56.3 Å². The molecule has 1 N–H and O–H groups in total. The van der Waals surface area contributed by atoms with Crippen LogP contribution >= 0.6 is 11.6 Å². The van der Waals surface area contributed by atoms with Crippen LogP contribution in [0.25, 0.3) is 0 Å². The third-order valence-corrected chi connectivity index (χ3v) is 4.44. The molecule has 1 fully saturated rings. The van der Waals surface area contributed by atoms with E-state index in [0.29, 0.717) is 25.8 Å². The number of rotatable bonds is 7. The summed E-state index contributed by atoms with van der Waals surface area (Å²) >= 11 is 5.91. The number of carbonyl (C=O) groups excluding carboxylic acids is 2. The lowest BCUT2D eigenvalue weighted by Crippen LogP contribution is -2.48. The second-order valence-electron chi connectivity index (χ2n) is 6.05. The van der Waals surface area contributed by atoms with E-state index in [2.05, 4.69) is 10.2 Å². The largest absolute Gasteiger partial charge is 0.368 e. The van der Waals surface area contributed by atoms with Crippen LogP contribution in [0.5, 0.6) is 0 Å². The molecule has 6 heteroatoms. The number of piperazine rings is 1. The topological polar surface area (TPSA) is 52.7 Å². The molecule has 2 rings (SSSR count). The number of halogens is 1. The molecule has 132 valence electrons. The standard InChI is InChI=1S/C18H26ClN3O2/c1-2-10-20-17(23)4-3-5-18(24)22-13-11-21(12-14-22)16-8-6-15(19)7-9-16/h6-9H,2-5,10-14H2,1H3,(H,20,23). The summed E-state index contributed by atoms with van der Waals surface area (Å²) in [4.78, 5) is 27.9. The molecule has 1 heterocycles. The van der Waals surface area contributed by atoms with Crippen LogP contribution in [-0.2, 0) is 9.59 Å². The van der Waals surface area contributed by atoms with Crippen LogP contribution in [0.4, 0.5) is 5.69 Å². The minimum absolute atomic E-state index is 0.0391. The summed E-state index contributed by atoms with van der Waals surface area (Å²) in [6.45, 7) is 5.83. The van der Waals surface area contributed by atoms with E-state index in [-0.39, 0.29) is 11.8 Å². The monoisotopic (exact) mass is 351 g/mol. The number of hydrogen-bond acceptors (Lipinski definition) is 3. The number of nitrogens with zero attached hydrogens (tertiary/aromatic N) is 2. The van der Waals surface area contributed by atoms with E-state index in [1.54, 1.807) is 0 Å². The molecule has 2 amide bonds. The highest BCUT2D eigenvalue weighted by Gasteiger charge is 2.21. The SMILES string of the molecule is CCCNC(=O)CCCC(=O)N1CCN(c2ccc(Cl)cc2)CC1. The molecular formula is C18H26ClN3O2. The fraction of sp³-hybridized carbons (Fsp3) is 0.556. The molecule has 1 aliphatic heterocycles. The van der Waals surface area contributed by atoms with Crippen molar-refractivity contribution in [2.75, 3.05) is 37.6 Å². The van der Waals surface area contributed by atoms with E-state index in [4.69, 9.17) is 11.6 Å². The lowest BCUT2D eigenvalue weighted by molar-refractivity contribution is -0.131. The van der Waals surface area contributed by atoms with Crippen LogP contribution in [0.15, 0.2) is 24.3 Å². The van der Waals surface area contributed by atoms with E-state index in [0.717, 1.165) is 43.3 Å². The van der Waals surface area contributed by atoms with Crippen LogP contribution in [0.1, 0.15) is 32.6 Å². The van der Waals surface area contributed by atoms with Crippen LogP contribution in [0.3, 0.4) is 0 Å². The fourth-order valence-electron chi connectivity index (χ4n) is 2.78. The summed E-state index contributed by atoms with van der Waals surface area (Å²) in [7, 11) is 0. The molecule has 0 unspecified atom stereocenters. The summed E-state index contributed by atoms with van der Waals surface area (Å²) in [5, 5.41) is 3.57. The highest BCUT2D eigenvalue weighted by atomic mass is 35.5. The molecule has 0 atom stereocenters. The number of carbonyl (C=O) groups is 2. The molecule has 1 saturated heterocycles. The minimum Gasteiger partial charge on any atom is -0.368 e. The Balaban J connectivity index is 1.69. The maximum absolute atomic E-state index is 12.2. The number of benzene rings is 1. The van der Waals surface area contributed by atoms with Crippen molar-refractivity contribution in [1.29, 1.82) is 0 Å². The molecule has 0 bridgehead atoms. The average molecular weight is 352 g/mol. The molecule has 1 aromatic carbocycles. The van der Waals surface area contributed by atoms with Gasteiger partial charge in [0.1, 0.15) is 0 Å². The molecule has 5 nitrogen and oxygen atoms in total. The van der Waals surface area contributed by atoms with Gasteiger partial charge in [0.15, 0.2) is 0 Å². The summed E-state index contributed by atoms with van der Waals surface area (Å²) in [6, 6.07) is 7.79. The molecule has 0 saturated carbocycles. The van der Waals surface area contributed by atoms with Crippen molar-refractivity contribution in [2.45, 2.75) is 32.6 Å². The highest BCUT2D eigenvalue weighted by Crippen LogP contribution is 2.19. The number of hydrogen-bond donors (Lipinski definition) is 1. The van der Waals surface area contributed by atoms with Crippen LogP contribution in [0, 0.1) is 0 Å². The van der Waals surface area contributed by atoms with Crippen molar-refractivity contribution in [3.05, 3.63) is 29.3 Å². The number of nitrogens with one attached hydrogen (secondary N) is 1. The molecule has 0 spiro atoms. The van der Waals surface area contributed by atoms with E-state index in [1.807, 2.05) is 36.1 Å². The van der Waals surface area contributed by atoms with E-state index in [1.165, 1.54) is 0 Å². The van der Waals surface area contributed by atoms with Gasteiger partial charge >= 0.3 is 0 Å². The zero-order valence-corrected chi connectivity index (χ0v) is 15.0. The molecular weight excluding hydrogens is 326 g/mol. The predicted molar refractivity (Wildman–Crippen MR) is 97.4 cm³/mol. The highest BCUT2D eigenvalue weighted by molar-refractivity contribution is 6.30. The Kier molecular flexibility index (Phi) is 7.37. The smallest absolute Gasteiger partial charge is 0.222 e. The number of anilines is 1.